The van der Waals surface area contributed by atoms with E-state index in [1.165, 1.54) is 18.4 Å². The summed E-state index contributed by atoms with van der Waals surface area (Å²) in [4.78, 5) is 24.7. The smallest absolute Gasteiger partial charge is 0.354 e. The van der Waals surface area contributed by atoms with Gasteiger partial charge < -0.3 is 18.8 Å². The van der Waals surface area contributed by atoms with Gasteiger partial charge in [0.05, 0.1) is 38.1 Å². The number of methoxy groups -OCH3 is 3. The summed E-state index contributed by atoms with van der Waals surface area (Å²) >= 11 is 1.52. The number of hydrogen-bond acceptors (Lipinski definition) is 6. The molecule has 1 aromatic carbocycles. The van der Waals surface area contributed by atoms with E-state index in [2.05, 4.69) is 0 Å². The van der Waals surface area contributed by atoms with Crippen LogP contribution in [0, 0.1) is 0 Å². The van der Waals surface area contributed by atoms with Crippen LogP contribution in [0.25, 0.3) is 10.2 Å². The minimum atomic E-state index is -0.455. The van der Waals surface area contributed by atoms with Gasteiger partial charge in [-0.2, -0.15) is 0 Å². The van der Waals surface area contributed by atoms with Crippen LogP contribution in [0.2, 0.25) is 0 Å². The molecular weight excluding hydrogens is 354 g/mol. The summed E-state index contributed by atoms with van der Waals surface area (Å²) in [5.74, 6) is 0.765. The van der Waals surface area contributed by atoms with Crippen molar-refractivity contribution in [1.82, 2.24) is 4.57 Å². The van der Waals surface area contributed by atoms with Gasteiger partial charge in [0.25, 0.3) is 0 Å². The van der Waals surface area contributed by atoms with Gasteiger partial charge in [-0.25, -0.2) is 4.79 Å². The van der Waals surface area contributed by atoms with Gasteiger partial charge in [0.1, 0.15) is 17.2 Å². The van der Waals surface area contributed by atoms with Crippen LogP contribution in [0.15, 0.2) is 35.7 Å². The molecule has 0 aliphatic rings. The topological polar surface area (TPSA) is 66.8 Å². The van der Waals surface area contributed by atoms with E-state index >= 15 is 0 Å². The zero-order valence-electron chi connectivity index (χ0n) is 14.8. The van der Waals surface area contributed by atoms with Crippen LogP contribution in [0.4, 0.5) is 0 Å². The van der Waals surface area contributed by atoms with Crippen LogP contribution >= 0.6 is 11.3 Å². The molecule has 0 amide bonds. The molecule has 2 heterocycles. The number of ether oxygens (including phenoxy) is 3. The first-order chi connectivity index (χ1) is 12.6. The number of Topliss-reactive ketones (excluding diaryl/α,β-unsaturated/α-hetero) is 1. The molecule has 3 aromatic rings. The van der Waals surface area contributed by atoms with Crippen molar-refractivity contribution in [2.24, 2.45) is 0 Å². The number of aromatic nitrogens is 1. The highest BCUT2D eigenvalue weighted by molar-refractivity contribution is 7.17. The van der Waals surface area contributed by atoms with E-state index in [1.54, 1.807) is 37.0 Å². The molecule has 0 N–H and O–H groups in total. The maximum Gasteiger partial charge on any atom is 0.354 e. The van der Waals surface area contributed by atoms with E-state index in [9.17, 15) is 9.59 Å². The summed E-state index contributed by atoms with van der Waals surface area (Å²) in [7, 11) is 4.46. The number of rotatable bonds is 7. The highest BCUT2D eigenvalue weighted by atomic mass is 32.1. The molecule has 0 saturated heterocycles. The van der Waals surface area contributed by atoms with E-state index < -0.39 is 5.97 Å². The van der Waals surface area contributed by atoms with Gasteiger partial charge in [0.15, 0.2) is 5.78 Å². The minimum absolute atomic E-state index is 0.0395. The molecule has 2 aromatic heterocycles. The Morgan fingerprint density at radius 1 is 1.08 bits per heavy atom. The summed E-state index contributed by atoms with van der Waals surface area (Å²) < 4.78 is 18.0. The van der Waals surface area contributed by atoms with Crippen molar-refractivity contribution in [3.63, 3.8) is 0 Å². The first kappa shape index (κ1) is 18.0. The summed E-state index contributed by atoms with van der Waals surface area (Å²) in [5, 5.41) is 1.93. The van der Waals surface area contributed by atoms with Crippen molar-refractivity contribution in [3.05, 3.63) is 47.0 Å². The fourth-order valence-electron chi connectivity index (χ4n) is 2.86. The standard InChI is InChI=1S/C19H19NO5S/c1-23-14-5-4-12(17(9-14)24-2)8-13(21)11-20-15-6-7-26-18(15)10-16(20)19(22)25-3/h4-7,9-10H,8,11H2,1-3H3. The SMILES string of the molecule is COC(=O)c1cc2sccc2n1CC(=O)Cc1ccc(OC)cc1OC. The highest BCUT2D eigenvalue weighted by Gasteiger charge is 2.19. The van der Waals surface area contributed by atoms with Crippen molar-refractivity contribution in [2.75, 3.05) is 21.3 Å². The number of fused-ring (bicyclic) bond motifs is 1. The summed E-state index contributed by atoms with van der Waals surface area (Å²) in [6, 6.07) is 9.00. The lowest BCUT2D eigenvalue weighted by molar-refractivity contribution is -0.118. The van der Waals surface area contributed by atoms with Gasteiger partial charge in [0.2, 0.25) is 0 Å². The Hall–Kier alpha value is -2.80. The molecule has 0 aliphatic heterocycles. The van der Waals surface area contributed by atoms with Crippen LogP contribution < -0.4 is 9.47 Å². The number of esters is 1. The summed E-state index contributed by atoms with van der Waals surface area (Å²) in [5.41, 5.74) is 2.00. The number of nitrogens with zero attached hydrogens (tertiary/aromatic N) is 1. The maximum atomic E-state index is 12.7. The molecule has 0 aliphatic carbocycles. The van der Waals surface area contributed by atoms with E-state index in [1.807, 2.05) is 17.5 Å². The number of benzene rings is 1. The fourth-order valence-corrected chi connectivity index (χ4v) is 3.69. The number of ketones is 1. The van der Waals surface area contributed by atoms with Crippen LogP contribution in [0.5, 0.6) is 11.5 Å². The fraction of sp³-hybridized carbons (Fsp3) is 0.263. The maximum absolute atomic E-state index is 12.7. The molecule has 0 spiro atoms. The third kappa shape index (κ3) is 3.43. The number of carbonyl (C=O) groups is 2. The lowest BCUT2D eigenvalue weighted by Gasteiger charge is -2.11. The van der Waals surface area contributed by atoms with Crippen LogP contribution in [-0.4, -0.2) is 37.6 Å². The van der Waals surface area contributed by atoms with E-state index in [-0.39, 0.29) is 18.7 Å². The molecule has 3 rings (SSSR count). The molecule has 6 nitrogen and oxygen atoms in total. The molecule has 0 saturated carbocycles. The van der Waals surface area contributed by atoms with E-state index in [0.29, 0.717) is 17.2 Å². The molecule has 0 atom stereocenters. The van der Waals surface area contributed by atoms with Gasteiger partial charge in [-0.1, -0.05) is 6.07 Å². The molecule has 0 fully saturated rings. The lowest BCUT2D eigenvalue weighted by atomic mass is 10.1. The molecule has 0 unspecified atom stereocenters. The third-order valence-corrected chi connectivity index (χ3v) is 4.99. The second-order valence-electron chi connectivity index (χ2n) is 5.67. The van der Waals surface area contributed by atoms with Crippen molar-refractivity contribution in [2.45, 2.75) is 13.0 Å². The van der Waals surface area contributed by atoms with Crippen molar-refractivity contribution >= 4 is 33.3 Å². The van der Waals surface area contributed by atoms with E-state index in [4.69, 9.17) is 14.2 Å². The van der Waals surface area contributed by atoms with Crippen molar-refractivity contribution < 1.29 is 23.8 Å². The molecular formula is C19H19NO5S. The summed E-state index contributed by atoms with van der Waals surface area (Å²) in [6.07, 6.45) is 0.192. The quantitative estimate of drug-likeness (QED) is 0.595. The number of hydrogen-bond donors (Lipinski definition) is 0. The Labute approximate surface area is 154 Å². The second kappa shape index (κ2) is 7.61. The minimum Gasteiger partial charge on any atom is -0.497 e. The Morgan fingerprint density at radius 2 is 1.88 bits per heavy atom. The lowest BCUT2D eigenvalue weighted by Crippen LogP contribution is -2.17. The van der Waals surface area contributed by atoms with Gasteiger partial charge >= 0.3 is 5.97 Å². The predicted molar refractivity (Wildman–Crippen MR) is 99.4 cm³/mol. The second-order valence-corrected chi connectivity index (χ2v) is 6.62. The Balaban J connectivity index is 1.86. The van der Waals surface area contributed by atoms with Crippen molar-refractivity contribution in [3.8, 4) is 11.5 Å². The Morgan fingerprint density at radius 3 is 2.58 bits per heavy atom. The zero-order valence-corrected chi connectivity index (χ0v) is 15.6. The Kier molecular flexibility index (Phi) is 5.27. The number of thiophene rings is 1. The van der Waals surface area contributed by atoms with Gasteiger partial charge in [-0.05, 0) is 23.6 Å². The van der Waals surface area contributed by atoms with Gasteiger partial charge in [-0.15, -0.1) is 11.3 Å². The van der Waals surface area contributed by atoms with Crippen LogP contribution in [0.3, 0.4) is 0 Å². The molecule has 136 valence electrons. The monoisotopic (exact) mass is 373 g/mol. The van der Waals surface area contributed by atoms with Gasteiger partial charge in [-0.3, -0.25) is 4.79 Å². The average Bonchev–Trinajstić information content (AvgIpc) is 3.24. The molecule has 0 bridgehead atoms. The first-order valence-electron chi connectivity index (χ1n) is 7.95. The average molecular weight is 373 g/mol. The van der Waals surface area contributed by atoms with Crippen molar-refractivity contribution in [1.29, 1.82) is 0 Å². The Bertz CT molecular complexity index is 956. The molecule has 26 heavy (non-hydrogen) atoms. The normalized spacial score (nSPS) is 10.7. The van der Waals surface area contributed by atoms with Crippen LogP contribution in [-0.2, 0) is 22.5 Å². The predicted octanol–water partition coefficient (Wildman–Crippen LogP) is 3.32. The molecule has 7 heteroatoms. The van der Waals surface area contributed by atoms with Crippen LogP contribution in [0.1, 0.15) is 16.1 Å². The van der Waals surface area contributed by atoms with Gasteiger partial charge in [0, 0.05) is 18.1 Å². The zero-order chi connectivity index (χ0) is 18.7. The first-order valence-corrected chi connectivity index (χ1v) is 8.83. The largest absolute Gasteiger partial charge is 0.497 e. The van der Waals surface area contributed by atoms with E-state index in [0.717, 1.165) is 15.8 Å². The number of carbonyl (C=O) groups excluding carboxylic acids is 2. The molecule has 0 radical (unpaired) electrons. The summed E-state index contributed by atoms with van der Waals surface area (Å²) in [6.45, 7) is 0.0832. The highest BCUT2D eigenvalue weighted by Crippen LogP contribution is 2.27. The third-order valence-electron chi connectivity index (χ3n) is 4.13.